The molecule has 0 aromatic heterocycles. The molecule has 0 aromatic carbocycles. The van der Waals surface area contributed by atoms with Crippen molar-refractivity contribution in [3.8, 4) is 12.8 Å². The first-order chi connectivity index (χ1) is 4.39. The van der Waals surface area contributed by atoms with Gasteiger partial charge < -0.3 is 5.32 Å². The fourth-order valence-electron chi connectivity index (χ4n) is 0.966. The Hall–Kier alpha value is -0.480. The van der Waals surface area contributed by atoms with Crippen LogP contribution in [0.2, 0.25) is 0 Å². The molecule has 1 fully saturated rings. The Kier molecular flexibility index (Phi) is 5.35. The minimum Gasteiger partial charge on any atom is -0.317 e. The average Bonchev–Trinajstić information content (AvgIpc) is 1.94. The van der Waals surface area contributed by atoms with Crippen molar-refractivity contribution < 1.29 is 0 Å². The third-order valence-electron chi connectivity index (χ3n) is 1.63. The van der Waals surface area contributed by atoms with Crippen molar-refractivity contribution in [1.29, 1.82) is 0 Å². The van der Waals surface area contributed by atoms with Gasteiger partial charge in [-0.15, -0.1) is 12.8 Å². The lowest BCUT2D eigenvalue weighted by Gasteiger charge is -2.17. The van der Waals surface area contributed by atoms with Crippen LogP contribution in [0.5, 0.6) is 0 Å². The second-order valence-electron chi connectivity index (χ2n) is 2.43. The molecule has 1 nitrogen and oxygen atoms in total. The Labute approximate surface area is 57.8 Å². The minimum absolute atomic E-state index is 0.973. The zero-order valence-electron chi connectivity index (χ0n) is 6.06. The summed E-state index contributed by atoms with van der Waals surface area (Å²) < 4.78 is 0. The molecule has 1 N–H and O–H groups in total. The van der Waals surface area contributed by atoms with Crippen LogP contribution in [-0.2, 0) is 0 Å². The zero-order valence-corrected chi connectivity index (χ0v) is 6.06. The fourth-order valence-corrected chi connectivity index (χ4v) is 0.966. The lowest BCUT2D eigenvalue weighted by atomic mass is 10.0. The number of terminal acetylenes is 1. The normalized spacial score (nSPS) is 19.9. The van der Waals surface area contributed by atoms with Crippen molar-refractivity contribution >= 4 is 0 Å². The minimum atomic E-state index is 0.973. The van der Waals surface area contributed by atoms with Gasteiger partial charge in [0, 0.05) is 0 Å². The van der Waals surface area contributed by atoms with Gasteiger partial charge in [0.15, 0.2) is 0 Å². The molecule has 0 amide bonds. The van der Waals surface area contributed by atoms with E-state index in [1.807, 2.05) is 0 Å². The van der Waals surface area contributed by atoms with Crippen molar-refractivity contribution in [3.05, 3.63) is 0 Å². The smallest absolute Gasteiger partial charge is 0.00464 e. The molecule has 0 aromatic rings. The van der Waals surface area contributed by atoms with Gasteiger partial charge in [-0.1, -0.05) is 6.92 Å². The van der Waals surface area contributed by atoms with Gasteiger partial charge in [-0.05, 0) is 31.8 Å². The summed E-state index contributed by atoms with van der Waals surface area (Å²) in [7, 11) is 0. The number of nitrogens with one attached hydrogen (secondary N) is 1. The number of hydrogen-bond donors (Lipinski definition) is 1. The van der Waals surface area contributed by atoms with E-state index in [1.165, 1.54) is 25.9 Å². The second-order valence-corrected chi connectivity index (χ2v) is 2.43. The summed E-state index contributed by atoms with van der Waals surface area (Å²) in [6, 6.07) is 0. The van der Waals surface area contributed by atoms with Gasteiger partial charge in [-0.3, -0.25) is 0 Å². The largest absolute Gasteiger partial charge is 0.317 e. The maximum absolute atomic E-state index is 4.00. The predicted molar refractivity (Wildman–Crippen MR) is 41.2 cm³/mol. The molecule has 0 spiro atoms. The van der Waals surface area contributed by atoms with Gasteiger partial charge in [0.05, 0.1) is 0 Å². The number of hydrogen-bond acceptors (Lipinski definition) is 1. The van der Waals surface area contributed by atoms with Crippen molar-refractivity contribution in [3.63, 3.8) is 0 Å². The van der Waals surface area contributed by atoms with Gasteiger partial charge in [-0.25, -0.2) is 0 Å². The predicted octanol–water partition coefficient (Wildman–Crippen LogP) is 1.26. The van der Waals surface area contributed by atoms with Crippen molar-refractivity contribution in [2.24, 2.45) is 5.92 Å². The molecular weight excluding hydrogens is 110 g/mol. The summed E-state index contributed by atoms with van der Waals surface area (Å²) in [4.78, 5) is 0. The molecule has 1 heteroatoms. The molecular formula is C8H15N. The standard InChI is InChI=1S/C6H13N.C2H2/c1-6-2-4-7-5-3-6;1-2/h6-7H,2-5H2,1H3;1-2H. The number of piperidine rings is 1. The average molecular weight is 125 g/mol. The van der Waals surface area contributed by atoms with Crippen molar-refractivity contribution in [2.75, 3.05) is 13.1 Å². The number of rotatable bonds is 0. The monoisotopic (exact) mass is 125 g/mol. The summed E-state index contributed by atoms with van der Waals surface area (Å²) in [5, 5.41) is 3.32. The molecule has 0 atom stereocenters. The Bertz CT molecular complexity index is 69.9. The first-order valence-corrected chi connectivity index (χ1v) is 3.43. The summed E-state index contributed by atoms with van der Waals surface area (Å²) >= 11 is 0. The highest BCUT2D eigenvalue weighted by atomic mass is 14.9. The third-order valence-corrected chi connectivity index (χ3v) is 1.63. The van der Waals surface area contributed by atoms with Crippen LogP contribution in [0, 0.1) is 18.8 Å². The molecule has 1 heterocycles. The molecule has 0 radical (unpaired) electrons. The molecule has 0 aliphatic carbocycles. The SMILES string of the molecule is C#C.CC1CCNCC1. The molecule has 1 saturated heterocycles. The van der Waals surface area contributed by atoms with Crippen LogP contribution in [0.1, 0.15) is 19.8 Å². The van der Waals surface area contributed by atoms with Crippen LogP contribution in [0.15, 0.2) is 0 Å². The highest BCUT2D eigenvalue weighted by Gasteiger charge is 2.04. The molecule has 1 rings (SSSR count). The molecule has 1 aliphatic rings. The van der Waals surface area contributed by atoms with Crippen LogP contribution in [-0.4, -0.2) is 13.1 Å². The van der Waals surface area contributed by atoms with Crippen LogP contribution < -0.4 is 5.32 Å². The maximum Gasteiger partial charge on any atom is -0.00464 e. The molecule has 52 valence electrons. The van der Waals surface area contributed by atoms with Crippen LogP contribution in [0.4, 0.5) is 0 Å². The third kappa shape index (κ3) is 4.05. The summed E-state index contributed by atoms with van der Waals surface area (Å²) in [5.74, 6) is 0.973. The van der Waals surface area contributed by atoms with E-state index < -0.39 is 0 Å². The Morgan fingerprint density at radius 2 is 1.67 bits per heavy atom. The van der Waals surface area contributed by atoms with E-state index in [9.17, 15) is 0 Å². The maximum atomic E-state index is 4.00. The van der Waals surface area contributed by atoms with E-state index in [-0.39, 0.29) is 0 Å². The summed E-state index contributed by atoms with van der Waals surface area (Å²) in [6.07, 6.45) is 10.8. The molecule has 0 saturated carbocycles. The molecule has 1 aliphatic heterocycles. The highest BCUT2D eigenvalue weighted by Crippen LogP contribution is 2.08. The van der Waals surface area contributed by atoms with Gasteiger partial charge >= 0.3 is 0 Å². The lowest BCUT2D eigenvalue weighted by Crippen LogP contribution is -2.26. The molecule has 0 bridgehead atoms. The van der Waals surface area contributed by atoms with E-state index in [0.717, 1.165) is 5.92 Å². The van der Waals surface area contributed by atoms with Gasteiger partial charge in [0.1, 0.15) is 0 Å². The summed E-state index contributed by atoms with van der Waals surface area (Å²) in [6.45, 7) is 4.79. The van der Waals surface area contributed by atoms with E-state index in [2.05, 4.69) is 25.1 Å². The van der Waals surface area contributed by atoms with Crippen LogP contribution in [0.3, 0.4) is 0 Å². The topological polar surface area (TPSA) is 12.0 Å². The van der Waals surface area contributed by atoms with Gasteiger partial charge in [0.25, 0.3) is 0 Å². The first kappa shape index (κ1) is 8.52. The first-order valence-electron chi connectivity index (χ1n) is 3.43. The fraction of sp³-hybridized carbons (Fsp3) is 0.750. The Morgan fingerprint density at radius 1 is 1.22 bits per heavy atom. The summed E-state index contributed by atoms with van der Waals surface area (Å²) in [5.41, 5.74) is 0. The van der Waals surface area contributed by atoms with Crippen LogP contribution >= 0.6 is 0 Å². The van der Waals surface area contributed by atoms with E-state index in [1.54, 1.807) is 0 Å². The Balaban J connectivity index is 0.000000291. The van der Waals surface area contributed by atoms with Gasteiger partial charge in [0.2, 0.25) is 0 Å². The van der Waals surface area contributed by atoms with Crippen molar-refractivity contribution in [1.82, 2.24) is 5.32 Å². The highest BCUT2D eigenvalue weighted by molar-refractivity contribution is 4.62. The lowest BCUT2D eigenvalue weighted by molar-refractivity contribution is 0.402. The Morgan fingerprint density at radius 3 is 1.89 bits per heavy atom. The van der Waals surface area contributed by atoms with Gasteiger partial charge in [-0.2, -0.15) is 0 Å². The zero-order chi connectivity index (χ0) is 7.11. The second kappa shape index (κ2) is 5.65. The quantitative estimate of drug-likeness (QED) is 0.480. The van der Waals surface area contributed by atoms with E-state index in [0.29, 0.717) is 0 Å². The van der Waals surface area contributed by atoms with E-state index >= 15 is 0 Å². The molecule has 9 heavy (non-hydrogen) atoms. The van der Waals surface area contributed by atoms with E-state index in [4.69, 9.17) is 0 Å². The molecule has 0 unspecified atom stereocenters. The van der Waals surface area contributed by atoms with Crippen LogP contribution in [0.25, 0.3) is 0 Å². The van der Waals surface area contributed by atoms with Crippen molar-refractivity contribution in [2.45, 2.75) is 19.8 Å².